The first-order chi connectivity index (χ1) is 11.9. The Labute approximate surface area is 146 Å². The molecule has 24 heavy (non-hydrogen) atoms. The average Bonchev–Trinajstić information content (AvgIpc) is 3.28. The summed E-state index contributed by atoms with van der Waals surface area (Å²) in [6.07, 6.45) is 17.0. The number of amides is 1. The molecular formula is C22H29NO. The van der Waals surface area contributed by atoms with Gasteiger partial charge in [0.2, 0.25) is 5.91 Å². The molecule has 0 heterocycles. The number of allylic oxidation sites excluding steroid dienone is 4. The monoisotopic (exact) mass is 323 g/mol. The first-order valence-electron chi connectivity index (χ1n) is 9.48. The normalized spacial score (nSPS) is 29.4. The van der Waals surface area contributed by atoms with Crippen molar-refractivity contribution in [2.75, 3.05) is 6.54 Å². The highest BCUT2D eigenvalue weighted by Crippen LogP contribution is 2.52. The van der Waals surface area contributed by atoms with E-state index in [2.05, 4.69) is 53.9 Å². The number of hydrogen-bond acceptors (Lipinski definition) is 1. The molecule has 1 aromatic carbocycles. The predicted molar refractivity (Wildman–Crippen MR) is 99.6 cm³/mol. The number of carbonyl (C=O) groups excluding carboxylic acids is 1. The van der Waals surface area contributed by atoms with Crippen molar-refractivity contribution >= 4 is 5.91 Å². The van der Waals surface area contributed by atoms with Crippen molar-refractivity contribution in [1.29, 1.82) is 0 Å². The molecule has 0 spiro atoms. The summed E-state index contributed by atoms with van der Waals surface area (Å²) in [5, 5.41) is 3.17. The first kappa shape index (κ1) is 17.0. The number of carbonyl (C=O) groups is 1. The van der Waals surface area contributed by atoms with Crippen molar-refractivity contribution in [3.05, 3.63) is 60.2 Å². The molecule has 1 unspecified atom stereocenters. The maximum absolute atomic E-state index is 12.5. The van der Waals surface area contributed by atoms with Gasteiger partial charge in [0.05, 0.1) is 0 Å². The number of fused-ring (bicyclic) bond motifs is 1. The van der Waals surface area contributed by atoms with E-state index in [-0.39, 0.29) is 11.8 Å². The van der Waals surface area contributed by atoms with E-state index in [1.807, 2.05) is 6.07 Å². The third-order valence-electron chi connectivity index (χ3n) is 5.36. The maximum atomic E-state index is 12.5. The van der Waals surface area contributed by atoms with Gasteiger partial charge in [-0.25, -0.2) is 0 Å². The second-order valence-electron chi connectivity index (χ2n) is 7.05. The lowest BCUT2D eigenvalue weighted by atomic mass is 10.1. The number of nitrogens with one attached hydrogen (secondary N) is 1. The molecule has 1 fully saturated rings. The van der Waals surface area contributed by atoms with Crippen molar-refractivity contribution in [1.82, 2.24) is 5.32 Å². The molecule has 2 nitrogen and oxygen atoms in total. The Balaban J connectivity index is 1.47. The lowest BCUT2D eigenvalue weighted by molar-refractivity contribution is -0.122. The van der Waals surface area contributed by atoms with Crippen molar-refractivity contribution < 1.29 is 4.79 Å². The SMILES string of the molecule is O=C(NCCc1ccccc1)C1[C@H]2CC/C=C\CC/C=C\CC[C@@H]12. The Bertz CT molecular complexity index is 551. The van der Waals surface area contributed by atoms with Crippen LogP contribution in [0.4, 0.5) is 0 Å². The van der Waals surface area contributed by atoms with E-state index in [1.54, 1.807) is 0 Å². The van der Waals surface area contributed by atoms with E-state index in [0.29, 0.717) is 11.8 Å². The third-order valence-corrected chi connectivity index (χ3v) is 5.36. The molecule has 1 aromatic rings. The highest BCUT2D eigenvalue weighted by Gasteiger charge is 2.52. The second kappa shape index (κ2) is 8.86. The molecule has 0 aliphatic heterocycles. The van der Waals surface area contributed by atoms with E-state index < -0.39 is 0 Å². The topological polar surface area (TPSA) is 29.1 Å². The molecule has 1 amide bonds. The minimum atomic E-state index is 0.253. The van der Waals surface area contributed by atoms with Crippen LogP contribution in [0.3, 0.4) is 0 Å². The lowest BCUT2D eigenvalue weighted by Crippen LogP contribution is -2.28. The summed E-state index contributed by atoms with van der Waals surface area (Å²) in [6, 6.07) is 10.4. The van der Waals surface area contributed by atoms with Gasteiger partial charge in [-0.1, -0.05) is 54.6 Å². The van der Waals surface area contributed by atoms with E-state index in [1.165, 1.54) is 18.4 Å². The summed E-state index contributed by atoms with van der Waals surface area (Å²) in [5.41, 5.74) is 1.29. The van der Waals surface area contributed by atoms with Crippen LogP contribution in [0.25, 0.3) is 0 Å². The summed E-state index contributed by atoms with van der Waals surface area (Å²) < 4.78 is 0. The predicted octanol–water partition coefficient (Wildman–Crippen LogP) is 4.67. The van der Waals surface area contributed by atoms with Crippen LogP contribution < -0.4 is 5.32 Å². The van der Waals surface area contributed by atoms with Crippen LogP contribution in [0.15, 0.2) is 54.6 Å². The fourth-order valence-electron chi connectivity index (χ4n) is 3.95. The molecule has 2 heteroatoms. The zero-order valence-corrected chi connectivity index (χ0v) is 14.5. The van der Waals surface area contributed by atoms with Crippen LogP contribution in [0.1, 0.15) is 44.1 Å². The molecule has 1 saturated carbocycles. The summed E-state index contributed by atoms with van der Waals surface area (Å²) in [5.74, 6) is 1.73. The van der Waals surface area contributed by atoms with Gasteiger partial charge in [0.1, 0.15) is 0 Å². The maximum Gasteiger partial charge on any atom is 0.223 e. The molecule has 2 aliphatic rings. The van der Waals surface area contributed by atoms with Gasteiger partial charge < -0.3 is 5.32 Å². The average molecular weight is 323 g/mol. The van der Waals surface area contributed by atoms with Crippen molar-refractivity contribution in [2.45, 2.75) is 44.9 Å². The van der Waals surface area contributed by atoms with E-state index in [4.69, 9.17) is 0 Å². The molecule has 1 N–H and O–H groups in total. The van der Waals surface area contributed by atoms with E-state index >= 15 is 0 Å². The summed E-state index contributed by atoms with van der Waals surface area (Å²) in [4.78, 5) is 12.5. The first-order valence-corrected chi connectivity index (χ1v) is 9.48. The smallest absolute Gasteiger partial charge is 0.223 e. The largest absolute Gasteiger partial charge is 0.356 e. The molecule has 3 rings (SSSR count). The van der Waals surface area contributed by atoms with Crippen LogP contribution >= 0.6 is 0 Å². The van der Waals surface area contributed by atoms with Gasteiger partial charge >= 0.3 is 0 Å². The van der Waals surface area contributed by atoms with Gasteiger partial charge in [0, 0.05) is 12.5 Å². The van der Waals surface area contributed by atoms with Crippen LogP contribution in [0.2, 0.25) is 0 Å². The van der Waals surface area contributed by atoms with E-state index in [9.17, 15) is 4.79 Å². The Kier molecular flexibility index (Phi) is 6.28. The number of hydrogen-bond donors (Lipinski definition) is 1. The second-order valence-corrected chi connectivity index (χ2v) is 7.05. The molecule has 0 radical (unpaired) electrons. The molecule has 3 atom stereocenters. The van der Waals surface area contributed by atoms with Gasteiger partial charge in [-0.05, 0) is 62.3 Å². The summed E-state index contributed by atoms with van der Waals surface area (Å²) in [6.45, 7) is 0.749. The molecule has 0 aromatic heterocycles. The zero-order chi connectivity index (χ0) is 16.6. The quantitative estimate of drug-likeness (QED) is 0.801. The van der Waals surface area contributed by atoms with Gasteiger partial charge in [-0.2, -0.15) is 0 Å². The highest BCUT2D eigenvalue weighted by molar-refractivity contribution is 5.82. The Hall–Kier alpha value is -1.83. The Morgan fingerprint density at radius 1 is 0.875 bits per heavy atom. The third kappa shape index (κ3) is 4.83. The zero-order valence-electron chi connectivity index (χ0n) is 14.5. The van der Waals surface area contributed by atoms with Gasteiger partial charge in [-0.3, -0.25) is 4.79 Å². The fourth-order valence-corrected chi connectivity index (χ4v) is 3.95. The van der Waals surface area contributed by atoms with Crippen molar-refractivity contribution in [3.8, 4) is 0 Å². The Morgan fingerprint density at radius 3 is 2.08 bits per heavy atom. The molecule has 0 bridgehead atoms. The summed E-state index contributed by atoms with van der Waals surface area (Å²) in [7, 11) is 0. The fraction of sp³-hybridized carbons (Fsp3) is 0.500. The van der Waals surface area contributed by atoms with Crippen molar-refractivity contribution in [2.24, 2.45) is 17.8 Å². The minimum absolute atomic E-state index is 0.253. The van der Waals surface area contributed by atoms with Gasteiger partial charge in [0.15, 0.2) is 0 Å². The highest BCUT2D eigenvalue weighted by atomic mass is 16.2. The molecule has 0 saturated heterocycles. The molecule has 128 valence electrons. The van der Waals surface area contributed by atoms with Crippen LogP contribution in [0, 0.1) is 17.8 Å². The van der Waals surface area contributed by atoms with E-state index in [0.717, 1.165) is 38.6 Å². The van der Waals surface area contributed by atoms with Crippen LogP contribution in [0.5, 0.6) is 0 Å². The van der Waals surface area contributed by atoms with Gasteiger partial charge in [0.25, 0.3) is 0 Å². The lowest BCUT2D eigenvalue weighted by Gasteiger charge is -2.05. The Morgan fingerprint density at radius 2 is 1.46 bits per heavy atom. The minimum Gasteiger partial charge on any atom is -0.356 e. The van der Waals surface area contributed by atoms with Crippen molar-refractivity contribution in [3.63, 3.8) is 0 Å². The molecule has 2 aliphatic carbocycles. The number of rotatable bonds is 4. The summed E-state index contributed by atoms with van der Waals surface area (Å²) >= 11 is 0. The number of benzene rings is 1. The molecular weight excluding hydrogens is 294 g/mol. The standard InChI is InChI=1S/C22H29NO/c24-22(23-17-16-18-12-8-7-9-13-18)21-19-14-10-5-3-1-2-4-6-11-15-20(19)21/h3-9,12-13,19-21H,1-2,10-11,14-17H2,(H,23,24)/b5-3-,6-4-/t19-,20+,21?. The van der Waals surface area contributed by atoms with Crippen LogP contribution in [-0.2, 0) is 11.2 Å². The van der Waals surface area contributed by atoms with Crippen LogP contribution in [-0.4, -0.2) is 12.5 Å². The van der Waals surface area contributed by atoms with Gasteiger partial charge in [-0.15, -0.1) is 0 Å².